The molecule has 0 aliphatic heterocycles. The standard InChI is InChI=1S/C14H21N3O3/c1-9(4-3-5-10(2)15)13(18)17-11-6-7-12(14(19)20)16-8-11/h6-10H,3-5,15H2,1-2H3,(H,17,18)(H,19,20). The number of carbonyl (C=O) groups is 2. The van der Waals surface area contributed by atoms with Gasteiger partial charge in [0.05, 0.1) is 11.9 Å². The quantitative estimate of drug-likeness (QED) is 0.706. The summed E-state index contributed by atoms with van der Waals surface area (Å²) >= 11 is 0. The van der Waals surface area contributed by atoms with E-state index < -0.39 is 5.97 Å². The molecule has 0 bridgehead atoms. The van der Waals surface area contributed by atoms with Crippen LogP contribution in [-0.4, -0.2) is 28.0 Å². The molecule has 1 amide bonds. The Morgan fingerprint density at radius 2 is 2.05 bits per heavy atom. The summed E-state index contributed by atoms with van der Waals surface area (Å²) in [6, 6.07) is 3.04. The Bertz CT molecular complexity index is 457. The summed E-state index contributed by atoms with van der Waals surface area (Å²) in [4.78, 5) is 26.3. The van der Waals surface area contributed by atoms with Gasteiger partial charge < -0.3 is 16.2 Å². The van der Waals surface area contributed by atoms with Crippen molar-refractivity contribution in [1.82, 2.24) is 4.98 Å². The second-order valence-electron chi connectivity index (χ2n) is 5.04. The van der Waals surface area contributed by atoms with Crippen LogP contribution in [0.15, 0.2) is 18.3 Å². The Morgan fingerprint density at radius 1 is 1.35 bits per heavy atom. The van der Waals surface area contributed by atoms with E-state index in [1.807, 2.05) is 13.8 Å². The van der Waals surface area contributed by atoms with Crippen molar-refractivity contribution >= 4 is 17.6 Å². The Balaban J connectivity index is 2.46. The molecule has 0 aliphatic carbocycles. The van der Waals surface area contributed by atoms with Crippen LogP contribution in [0.3, 0.4) is 0 Å². The topological polar surface area (TPSA) is 105 Å². The molecule has 0 saturated carbocycles. The number of carboxylic acids is 1. The molecule has 4 N–H and O–H groups in total. The Labute approximate surface area is 118 Å². The van der Waals surface area contributed by atoms with Gasteiger partial charge in [-0.1, -0.05) is 13.3 Å². The van der Waals surface area contributed by atoms with Crippen LogP contribution in [0.2, 0.25) is 0 Å². The third-order valence-corrected chi connectivity index (χ3v) is 2.99. The van der Waals surface area contributed by atoms with E-state index in [2.05, 4.69) is 10.3 Å². The largest absolute Gasteiger partial charge is 0.477 e. The van der Waals surface area contributed by atoms with Crippen LogP contribution in [0, 0.1) is 5.92 Å². The number of rotatable bonds is 7. The number of nitrogens with zero attached hydrogens (tertiary/aromatic N) is 1. The minimum atomic E-state index is -1.09. The molecule has 110 valence electrons. The molecule has 1 aromatic heterocycles. The summed E-state index contributed by atoms with van der Waals surface area (Å²) in [5, 5.41) is 11.4. The highest BCUT2D eigenvalue weighted by Gasteiger charge is 2.13. The smallest absolute Gasteiger partial charge is 0.354 e. The van der Waals surface area contributed by atoms with E-state index in [0.29, 0.717) is 5.69 Å². The van der Waals surface area contributed by atoms with Gasteiger partial charge in [0.1, 0.15) is 5.69 Å². The van der Waals surface area contributed by atoms with Gasteiger partial charge in [0, 0.05) is 12.0 Å². The molecule has 6 nitrogen and oxygen atoms in total. The lowest BCUT2D eigenvalue weighted by molar-refractivity contribution is -0.119. The Morgan fingerprint density at radius 3 is 2.55 bits per heavy atom. The van der Waals surface area contributed by atoms with Crippen molar-refractivity contribution in [2.24, 2.45) is 11.7 Å². The van der Waals surface area contributed by atoms with Gasteiger partial charge in [0.15, 0.2) is 0 Å². The zero-order valence-corrected chi connectivity index (χ0v) is 11.8. The summed E-state index contributed by atoms with van der Waals surface area (Å²) in [6.07, 6.45) is 3.92. The van der Waals surface area contributed by atoms with E-state index in [0.717, 1.165) is 19.3 Å². The van der Waals surface area contributed by atoms with Crippen LogP contribution >= 0.6 is 0 Å². The number of carbonyl (C=O) groups excluding carboxylic acids is 1. The third kappa shape index (κ3) is 5.36. The van der Waals surface area contributed by atoms with Gasteiger partial charge in [-0.2, -0.15) is 0 Å². The highest BCUT2D eigenvalue weighted by Crippen LogP contribution is 2.13. The Hall–Kier alpha value is -1.95. The maximum absolute atomic E-state index is 11.9. The second-order valence-corrected chi connectivity index (χ2v) is 5.04. The highest BCUT2D eigenvalue weighted by molar-refractivity contribution is 5.92. The second kappa shape index (κ2) is 7.59. The first-order valence-corrected chi connectivity index (χ1v) is 6.66. The molecule has 1 aromatic rings. The fraction of sp³-hybridized carbons (Fsp3) is 0.500. The molecule has 0 radical (unpaired) electrons. The summed E-state index contributed by atoms with van der Waals surface area (Å²) < 4.78 is 0. The van der Waals surface area contributed by atoms with Crippen LogP contribution in [0.5, 0.6) is 0 Å². The molecular formula is C14H21N3O3. The number of aromatic nitrogens is 1. The molecule has 20 heavy (non-hydrogen) atoms. The summed E-state index contributed by atoms with van der Waals surface area (Å²) in [7, 11) is 0. The van der Waals surface area contributed by atoms with Crippen molar-refractivity contribution in [3.8, 4) is 0 Å². The molecule has 1 heterocycles. The number of amides is 1. The number of pyridine rings is 1. The summed E-state index contributed by atoms with van der Waals surface area (Å²) in [5.74, 6) is -1.31. The molecular weight excluding hydrogens is 258 g/mol. The number of anilines is 1. The van der Waals surface area contributed by atoms with Gasteiger partial charge in [-0.3, -0.25) is 4.79 Å². The van der Waals surface area contributed by atoms with Crippen LogP contribution < -0.4 is 11.1 Å². The van der Waals surface area contributed by atoms with Crippen LogP contribution in [0.4, 0.5) is 5.69 Å². The van der Waals surface area contributed by atoms with E-state index in [1.165, 1.54) is 18.3 Å². The minimum absolute atomic E-state index is 0.0482. The lowest BCUT2D eigenvalue weighted by Crippen LogP contribution is -2.21. The van der Waals surface area contributed by atoms with Crippen molar-refractivity contribution in [3.05, 3.63) is 24.0 Å². The molecule has 0 spiro atoms. The van der Waals surface area contributed by atoms with Crippen molar-refractivity contribution in [1.29, 1.82) is 0 Å². The molecule has 2 unspecified atom stereocenters. The van der Waals surface area contributed by atoms with E-state index in [9.17, 15) is 9.59 Å². The van der Waals surface area contributed by atoms with E-state index in [1.54, 1.807) is 0 Å². The van der Waals surface area contributed by atoms with Gasteiger partial charge in [-0.15, -0.1) is 0 Å². The maximum Gasteiger partial charge on any atom is 0.354 e. The van der Waals surface area contributed by atoms with Gasteiger partial charge in [-0.25, -0.2) is 9.78 Å². The van der Waals surface area contributed by atoms with Crippen LogP contribution in [0.1, 0.15) is 43.6 Å². The van der Waals surface area contributed by atoms with Gasteiger partial charge in [0.25, 0.3) is 0 Å². The fourth-order valence-corrected chi connectivity index (χ4v) is 1.74. The molecule has 0 saturated heterocycles. The normalized spacial score (nSPS) is 13.6. The number of carboxylic acid groups (broad SMARTS) is 1. The van der Waals surface area contributed by atoms with Crippen molar-refractivity contribution < 1.29 is 14.7 Å². The SMILES string of the molecule is CC(N)CCCC(C)C(=O)Nc1ccc(C(=O)O)nc1. The van der Waals surface area contributed by atoms with E-state index in [-0.39, 0.29) is 23.6 Å². The molecule has 1 rings (SSSR count). The van der Waals surface area contributed by atoms with Gasteiger partial charge in [-0.05, 0) is 31.9 Å². The Kier molecular flexibility index (Phi) is 6.11. The summed E-state index contributed by atoms with van der Waals surface area (Å²) in [5.41, 5.74) is 6.11. The molecule has 6 heteroatoms. The fourth-order valence-electron chi connectivity index (χ4n) is 1.74. The number of aromatic carboxylic acids is 1. The molecule has 0 aromatic carbocycles. The zero-order chi connectivity index (χ0) is 15.1. The minimum Gasteiger partial charge on any atom is -0.477 e. The monoisotopic (exact) mass is 279 g/mol. The third-order valence-electron chi connectivity index (χ3n) is 2.99. The first-order valence-electron chi connectivity index (χ1n) is 6.66. The van der Waals surface area contributed by atoms with E-state index >= 15 is 0 Å². The van der Waals surface area contributed by atoms with Gasteiger partial charge >= 0.3 is 5.97 Å². The predicted molar refractivity (Wildman–Crippen MR) is 76.5 cm³/mol. The maximum atomic E-state index is 11.9. The first kappa shape index (κ1) is 16.1. The molecule has 0 aliphatic rings. The van der Waals surface area contributed by atoms with Crippen LogP contribution in [0.25, 0.3) is 0 Å². The average Bonchev–Trinajstić information content (AvgIpc) is 2.38. The highest BCUT2D eigenvalue weighted by atomic mass is 16.4. The summed E-state index contributed by atoms with van der Waals surface area (Å²) in [6.45, 7) is 3.80. The molecule has 0 fully saturated rings. The molecule has 2 atom stereocenters. The number of hydrogen-bond donors (Lipinski definition) is 3. The lowest BCUT2D eigenvalue weighted by Gasteiger charge is -2.12. The van der Waals surface area contributed by atoms with Crippen molar-refractivity contribution in [2.75, 3.05) is 5.32 Å². The lowest BCUT2D eigenvalue weighted by atomic mass is 10.0. The predicted octanol–water partition coefficient (Wildman–Crippen LogP) is 1.87. The first-order chi connectivity index (χ1) is 9.40. The van der Waals surface area contributed by atoms with E-state index in [4.69, 9.17) is 10.8 Å². The van der Waals surface area contributed by atoms with Crippen molar-refractivity contribution in [3.63, 3.8) is 0 Å². The number of hydrogen-bond acceptors (Lipinski definition) is 4. The average molecular weight is 279 g/mol. The number of nitrogens with one attached hydrogen (secondary N) is 1. The number of nitrogens with two attached hydrogens (primary N) is 1. The van der Waals surface area contributed by atoms with Crippen LogP contribution in [-0.2, 0) is 4.79 Å². The van der Waals surface area contributed by atoms with Gasteiger partial charge in [0.2, 0.25) is 5.91 Å². The zero-order valence-electron chi connectivity index (χ0n) is 11.8. The van der Waals surface area contributed by atoms with Crippen molar-refractivity contribution in [2.45, 2.75) is 39.2 Å².